The van der Waals surface area contributed by atoms with Crippen LogP contribution in [0.2, 0.25) is 0 Å². The minimum Gasteiger partial charge on any atom is -0.392 e. The van der Waals surface area contributed by atoms with E-state index in [1.54, 1.807) is 0 Å². The third kappa shape index (κ3) is 2.25. The molecule has 1 saturated carbocycles. The Balaban J connectivity index is 1.65. The van der Waals surface area contributed by atoms with Crippen molar-refractivity contribution in [2.24, 2.45) is 17.1 Å². The van der Waals surface area contributed by atoms with Crippen molar-refractivity contribution in [3.8, 4) is 0 Å². The summed E-state index contributed by atoms with van der Waals surface area (Å²) in [5, 5.41) is 3.27. The molecule has 3 fully saturated rings. The molecular weight excluding hydrogens is 270 g/mol. The van der Waals surface area contributed by atoms with Crippen LogP contribution in [0.15, 0.2) is 0 Å². The van der Waals surface area contributed by atoms with Gasteiger partial charge in [-0.1, -0.05) is 25.6 Å². The molecule has 4 nitrogen and oxygen atoms in total. The first kappa shape index (κ1) is 14.3. The van der Waals surface area contributed by atoms with E-state index in [0.717, 1.165) is 25.8 Å². The van der Waals surface area contributed by atoms with Crippen molar-refractivity contribution in [1.29, 1.82) is 0 Å². The van der Waals surface area contributed by atoms with E-state index >= 15 is 0 Å². The molecule has 0 spiro atoms. The zero-order valence-corrected chi connectivity index (χ0v) is 13.0. The molecule has 1 aliphatic carbocycles. The highest BCUT2D eigenvalue weighted by Gasteiger charge is 2.52. The zero-order valence-electron chi connectivity index (χ0n) is 12.2. The van der Waals surface area contributed by atoms with Crippen LogP contribution in [0, 0.1) is 11.3 Å². The number of amides is 1. The molecule has 1 amide bonds. The molecule has 3 rings (SSSR count). The number of carbonyl (C=O) groups is 1. The van der Waals surface area contributed by atoms with Gasteiger partial charge in [-0.05, 0) is 44.6 Å². The van der Waals surface area contributed by atoms with Crippen molar-refractivity contribution in [1.82, 2.24) is 10.2 Å². The molecule has 2 saturated heterocycles. The molecule has 0 aromatic carbocycles. The lowest BCUT2D eigenvalue weighted by Gasteiger charge is -2.45. The molecule has 3 N–H and O–H groups in total. The highest BCUT2D eigenvalue weighted by Crippen LogP contribution is 2.46. The number of carbonyl (C=O) groups excluding carboxylic acids is 1. The number of hydrogen-bond acceptors (Lipinski definition) is 3. The van der Waals surface area contributed by atoms with Crippen molar-refractivity contribution in [3.05, 3.63) is 0 Å². The predicted molar refractivity (Wildman–Crippen MR) is 83.4 cm³/mol. The summed E-state index contributed by atoms with van der Waals surface area (Å²) in [5.74, 6) is 0.637. The van der Waals surface area contributed by atoms with E-state index in [-0.39, 0.29) is 5.91 Å². The second-order valence-electron chi connectivity index (χ2n) is 6.93. The maximum Gasteiger partial charge on any atom is 0.233 e. The first-order valence-corrected chi connectivity index (χ1v) is 8.29. The number of nitrogens with zero attached hydrogens (tertiary/aromatic N) is 1. The lowest BCUT2D eigenvalue weighted by atomic mass is 9.62. The summed E-state index contributed by atoms with van der Waals surface area (Å²) in [4.78, 5) is 15.6. The molecule has 0 bridgehead atoms. The second-order valence-corrected chi connectivity index (χ2v) is 7.37. The van der Waals surface area contributed by atoms with Crippen LogP contribution in [0.25, 0.3) is 0 Å². The molecule has 2 unspecified atom stereocenters. The molecule has 0 aromatic heterocycles. The highest BCUT2D eigenvalue weighted by molar-refractivity contribution is 7.80. The van der Waals surface area contributed by atoms with Gasteiger partial charge in [0, 0.05) is 18.6 Å². The van der Waals surface area contributed by atoms with Crippen LogP contribution in [0.1, 0.15) is 45.4 Å². The molecule has 2 atom stereocenters. The zero-order chi connectivity index (χ0) is 14.3. The smallest absolute Gasteiger partial charge is 0.233 e. The maximum atomic E-state index is 12.7. The Bertz CT molecular complexity index is 419. The number of thiocarbonyl (C=S) groups is 1. The van der Waals surface area contributed by atoms with E-state index in [1.807, 2.05) is 0 Å². The first-order chi connectivity index (χ1) is 9.53. The largest absolute Gasteiger partial charge is 0.392 e. The molecule has 3 aliphatic rings. The van der Waals surface area contributed by atoms with Crippen LogP contribution in [0.4, 0.5) is 0 Å². The fraction of sp³-hybridized carbons (Fsp3) is 0.867. The van der Waals surface area contributed by atoms with Gasteiger partial charge in [-0.3, -0.25) is 9.69 Å². The first-order valence-electron chi connectivity index (χ1n) is 7.88. The summed E-state index contributed by atoms with van der Waals surface area (Å²) in [6.07, 6.45) is 6.49. The molecule has 112 valence electrons. The van der Waals surface area contributed by atoms with E-state index in [2.05, 4.69) is 17.1 Å². The van der Waals surface area contributed by atoms with Crippen LogP contribution in [0.5, 0.6) is 0 Å². The summed E-state index contributed by atoms with van der Waals surface area (Å²) in [6.45, 7) is 4.46. The summed E-state index contributed by atoms with van der Waals surface area (Å²) in [5.41, 5.74) is 5.30. The monoisotopic (exact) mass is 295 g/mol. The topological polar surface area (TPSA) is 58.4 Å². The number of hydrogen-bond donors (Lipinski definition) is 2. The van der Waals surface area contributed by atoms with Crippen LogP contribution < -0.4 is 11.1 Å². The SMILES string of the molecule is CC1CC(C(=O)NC2CCN3CCCCC23)(C(N)=S)C1. The van der Waals surface area contributed by atoms with Crippen LogP contribution in [-0.2, 0) is 4.79 Å². The van der Waals surface area contributed by atoms with Gasteiger partial charge in [0.15, 0.2) is 0 Å². The molecule has 0 radical (unpaired) electrons. The Morgan fingerprint density at radius 2 is 2.05 bits per heavy atom. The molecular formula is C15H25N3OS. The maximum absolute atomic E-state index is 12.7. The van der Waals surface area contributed by atoms with E-state index < -0.39 is 5.41 Å². The van der Waals surface area contributed by atoms with E-state index in [0.29, 0.717) is 23.0 Å². The summed E-state index contributed by atoms with van der Waals surface area (Å²) < 4.78 is 0. The fourth-order valence-electron chi connectivity index (χ4n) is 4.35. The van der Waals surface area contributed by atoms with Crippen LogP contribution in [-0.4, -0.2) is 41.0 Å². The van der Waals surface area contributed by atoms with Crippen molar-refractivity contribution in [2.45, 2.75) is 57.5 Å². The number of nitrogens with two attached hydrogens (primary N) is 1. The minimum absolute atomic E-state index is 0.0838. The van der Waals surface area contributed by atoms with Crippen molar-refractivity contribution >= 4 is 23.1 Å². The third-order valence-electron chi connectivity index (χ3n) is 5.47. The lowest BCUT2D eigenvalue weighted by Crippen LogP contribution is -2.59. The average Bonchev–Trinajstić information content (AvgIpc) is 2.78. The molecule has 2 aliphatic heterocycles. The number of piperidine rings is 1. The Morgan fingerprint density at radius 3 is 2.70 bits per heavy atom. The summed E-state index contributed by atoms with van der Waals surface area (Å²) >= 11 is 5.17. The Kier molecular flexibility index (Phi) is 3.75. The van der Waals surface area contributed by atoms with E-state index in [1.165, 1.54) is 25.8 Å². The Hall–Kier alpha value is -0.680. The van der Waals surface area contributed by atoms with Gasteiger partial charge in [0.05, 0.1) is 10.4 Å². The summed E-state index contributed by atoms with van der Waals surface area (Å²) in [6, 6.07) is 0.832. The van der Waals surface area contributed by atoms with Gasteiger partial charge in [0.1, 0.15) is 0 Å². The van der Waals surface area contributed by atoms with Crippen molar-refractivity contribution in [3.63, 3.8) is 0 Å². The molecule has 5 heteroatoms. The van der Waals surface area contributed by atoms with Crippen LogP contribution in [0.3, 0.4) is 0 Å². The van der Waals surface area contributed by atoms with Gasteiger partial charge >= 0.3 is 0 Å². The number of rotatable bonds is 3. The molecule has 20 heavy (non-hydrogen) atoms. The van der Waals surface area contributed by atoms with E-state index in [4.69, 9.17) is 18.0 Å². The second kappa shape index (κ2) is 5.26. The third-order valence-corrected chi connectivity index (χ3v) is 5.86. The number of nitrogens with one attached hydrogen (secondary N) is 1. The summed E-state index contributed by atoms with van der Waals surface area (Å²) in [7, 11) is 0. The predicted octanol–water partition coefficient (Wildman–Crippen LogP) is 1.43. The normalized spacial score (nSPS) is 40.8. The standard InChI is InChI=1S/C15H25N3OS/c1-10-8-15(9-10,13(16)20)14(19)17-11-5-7-18-6-3-2-4-12(11)18/h10-12H,2-9H2,1H3,(H2,16,20)(H,17,19). The molecule has 2 heterocycles. The van der Waals surface area contributed by atoms with Gasteiger partial charge in [-0.2, -0.15) is 0 Å². The Labute approximate surface area is 126 Å². The van der Waals surface area contributed by atoms with Crippen molar-refractivity contribution < 1.29 is 4.79 Å². The molecule has 0 aromatic rings. The quantitative estimate of drug-likeness (QED) is 0.774. The minimum atomic E-state index is -0.559. The number of fused-ring (bicyclic) bond motifs is 1. The van der Waals surface area contributed by atoms with Gasteiger partial charge < -0.3 is 11.1 Å². The Morgan fingerprint density at radius 1 is 1.30 bits per heavy atom. The van der Waals surface area contributed by atoms with E-state index in [9.17, 15) is 4.79 Å². The van der Waals surface area contributed by atoms with Gasteiger partial charge in [-0.15, -0.1) is 0 Å². The van der Waals surface area contributed by atoms with Gasteiger partial charge in [0.25, 0.3) is 0 Å². The fourth-order valence-corrected chi connectivity index (χ4v) is 4.61. The highest BCUT2D eigenvalue weighted by atomic mass is 32.1. The van der Waals surface area contributed by atoms with Crippen molar-refractivity contribution in [2.75, 3.05) is 13.1 Å². The van der Waals surface area contributed by atoms with Gasteiger partial charge in [-0.25, -0.2) is 0 Å². The average molecular weight is 295 g/mol. The van der Waals surface area contributed by atoms with Crippen LogP contribution >= 0.6 is 12.2 Å². The lowest BCUT2D eigenvalue weighted by molar-refractivity contribution is -0.133. The van der Waals surface area contributed by atoms with Gasteiger partial charge in [0.2, 0.25) is 5.91 Å².